The molecule has 7 heteroatoms. The molecule has 2 atom stereocenters. The molecule has 0 aromatic heterocycles. The van der Waals surface area contributed by atoms with Gasteiger partial charge >= 0.3 is 0 Å². The van der Waals surface area contributed by atoms with Crippen molar-refractivity contribution in [3.63, 3.8) is 0 Å². The monoisotopic (exact) mass is 409 g/mol. The predicted octanol–water partition coefficient (Wildman–Crippen LogP) is 4.09. The molecule has 2 rings (SSSR count). The zero-order valence-electron chi connectivity index (χ0n) is 15.8. The zero-order chi connectivity index (χ0) is 20.2. The van der Waals surface area contributed by atoms with Crippen LogP contribution < -0.4 is 10.1 Å². The molecule has 0 saturated heterocycles. The molecule has 0 bridgehead atoms. The van der Waals surface area contributed by atoms with E-state index in [0.29, 0.717) is 17.2 Å². The number of halogens is 1. The Balaban J connectivity index is 2.06. The molecule has 0 saturated carbocycles. The summed E-state index contributed by atoms with van der Waals surface area (Å²) in [5.74, 6) is 0.326. The van der Waals surface area contributed by atoms with Gasteiger partial charge in [-0.2, -0.15) is 0 Å². The van der Waals surface area contributed by atoms with E-state index in [-0.39, 0.29) is 16.8 Å². The molecule has 2 aromatic rings. The molecule has 0 heterocycles. The lowest BCUT2D eigenvalue weighted by Gasteiger charge is -2.21. The summed E-state index contributed by atoms with van der Waals surface area (Å²) in [5.41, 5.74) is 1.71. The Morgan fingerprint density at radius 1 is 1.19 bits per heavy atom. The molecule has 0 spiro atoms. The normalized spacial score (nSPS) is 13.7. The number of hydrogen-bond donors (Lipinski definition) is 1. The number of nitrogens with one attached hydrogen (secondary N) is 1. The summed E-state index contributed by atoms with van der Waals surface area (Å²) >= 11 is 6.00. The fourth-order valence-corrected chi connectivity index (χ4v) is 3.35. The average molecular weight is 410 g/mol. The summed E-state index contributed by atoms with van der Waals surface area (Å²) in [6.07, 6.45) is 1.14. The summed E-state index contributed by atoms with van der Waals surface area (Å²) in [6.45, 7) is 5.50. The number of ether oxygens (including phenoxy) is 1. The molecule has 27 heavy (non-hydrogen) atoms. The van der Waals surface area contributed by atoms with Gasteiger partial charge in [0.15, 0.2) is 15.9 Å². The number of benzene rings is 2. The van der Waals surface area contributed by atoms with Crippen LogP contribution in [0.2, 0.25) is 5.02 Å². The van der Waals surface area contributed by atoms with Crippen molar-refractivity contribution >= 4 is 27.3 Å². The molecular weight excluding hydrogens is 386 g/mol. The lowest BCUT2D eigenvalue weighted by molar-refractivity contribution is -0.128. The van der Waals surface area contributed by atoms with Crippen LogP contribution in [-0.2, 0) is 14.6 Å². The highest BCUT2D eigenvalue weighted by Crippen LogP contribution is 2.23. The highest BCUT2D eigenvalue weighted by atomic mass is 35.5. The second kappa shape index (κ2) is 8.76. The van der Waals surface area contributed by atoms with Crippen LogP contribution in [0.25, 0.3) is 0 Å². The molecular formula is C20H24ClNO4S. The van der Waals surface area contributed by atoms with E-state index in [1.807, 2.05) is 13.8 Å². The summed E-state index contributed by atoms with van der Waals surface area (Å²) < 4.78 is 28.9. The van der Waals surface area contributed by atoms with E-state index < -0.39 is 15.9 Å². The molecule has 0 fully saturated rings. The van der Waals surface area contributed by atoms with Crippen molar-refractivity contribution < 1.29 is 17.9 Å². The van der Waals surface area contributed by atoms with E-state index in [2.05, 4.69) is 5.32 Å². The lowest BCUT2D eigenvalue weighted by atomic mass is 10.0. The predicted molar refractivity (Wildman–Crippen MR) is 107 cm³/mol. The van der Waals surface area contributed by atoms with Gasteiger partial charge in [-0.05, 0) is 61.7 Å². The Labute approximate surface area is 165 Å². The number of rotatable bonds is 7. The van der Waals surface area contributed by atoms with Crippen molar-refractivity contribution in [1.29, 1.82) is 0 Å². The molecule has 5 nitrogen and oxygen atoms in total. The van der Waals surface area contributed by atoms with E-state index in [0.717, 1.165) is 11.1 Å². The number of sulfone groups is 1. The van der Waals surface area contributed by atoms with Crippen molar-refractivity contribution in [3.05, 3.63) is 58.6 Å². The smallest absolute Gasteiger partial charge is 0.261 e. The maximum absolute atomic E-state index is 12.5. The first-order valence-electron chi connectivity index (χ1n) is 8.65. The number of amides is 1. The molecule has 1 N–H and O–H groups in total. The van der Waals surface area contributed by atoms with Gasteiger partial charge in [0.05, 0.1) is 10.9 Å². The molecule has 2 unspecified atom stereocenters. The molecule has 0 aliphatic rings. The SMILES string of the molecule is CCC(NC(=O)C(C)Oc1ccc(Cl)c(C)c1)c1ccc(S(C)(=O)=O)cc1. The summed E-state index contributed by atoms with van der Waals surface area (Å²) in [5, 5.41) is 3.59. The average Bonchev–Trinajstić information content (AvgIpc) is 2.62. The molecule has 0 aliphatic heterocycles. The van der Waals surface area contributed by atoms with E-state index in [1.165, 1.54) is 6.26 Å². The van der Waals surface area contributed by atoms with Gasteiger partial charge < -0.3 is 10.1 Å². The van der Waals surface area contributed by atoms with E-state index in [9.17, 15) is 13.2 Å². The summed E-state index contributed by atoms with van der Waals surface area (Å²) in [4.78, 5) is 12.8. The van der Waals surface area contributed by atoms with Crippen LogP contribution in [-0.4, -0.2) is 26.7 Å². The fraction of sp³-hybridized carbons (Fsp3) is 0.350. The van der Waals surface area contributed by atoms with Crippen LogP contribution >= 0.6 is 11.6 Å². The van der Waals surface area contributed by atoms with Crippen LogP contribution in [0.15, 0.2) is 47.4 Å². The maximum atomic E-state index is 12.5. The van der Waals surface area contributed by atoms with Crippen LogP contribution in [0, 0.1) is 6.92 Å². The van der Waals surface area contributed by atoms with Crippen LogP contribution in [0.1, 0.15) is 37.4 Å². The quantitative estimate of drug-likeness (QED) is 0.747. The standard InChI is InChI=1S/C20H24ClNO4S/c1-5-19(15-6-9-17(10-7-15)27(4,24)25)22-20(23)14(3)26-16-8-11-18(21)13(2)12-16/h6-12,14,19H,5H2,1-4H3,(H,22,23). The second-order valence-electron chi connectivity index (χ2n) is 6.48. The van der Waals surface area contributed by atoms with Gasteiger partial charge in [0, 0.05) is 11.3 Å². The van der Waals surface area contributed by atoms with Gasteiger partial charge in [-0.25, -0.2) is 8.42 Å². The van der Waals surface area contributed by atoms with E-state index in [4.69, 9.17) is 16.3 Å². The highest BCUT2D eigenvalue weighted by molar-refractivity contribution is 7.90. The van der Waals surface area contributed by atoms with E-state index in [1.54, 1.807) is 49.4 Å². The molecule has 146 valence electrons. The van der Waals surface area contributed by atoms with Gasteiger partial charge in [-0.1, -0.05) is 30.7 Å². The largest absolute Gasteiger partial charge is 0.481 e. The van der Waals surface area contributed by atoms with Gasteiger partial charge in [0.1, 0.15) is 5.75 Å². The number of aryl methyl sites for hydroxylation is 1. The number of hydrogen-bond acceptors (Lipinski definition) is 4. The summed E-state index contributed by atoms with van der Waals surface area (Å²) in [6, 6.07) is 11.6. The van der Waals surface area contributed by atoms with Gasteiger partial charge in [0.2, 0.25) is 0 Å². The topological polar surface area (TPSA) is 72.5 Å². The molecule has 0 radical (unpaired) electrons. The van der Waals surface area contributed by atoms with Crippen LogP contribution in [0.5, 0.6) is 5.75 Å². The molecule has 1 amide bonds. The van der Waals surface area contributed by atoms with Crippen molar-refractivity contribution in [3.8, 4) is 5.75 Å². The Bertz CT molecular complexity index is 910. The van der Waals surface area contributed by atoms with Crippen molar-refractivity contribution in [1.82, 2.24) is 5.32 Å². The van der Waals surface area contributed by atoms with Gasteiger partial charge in [0.25, 0.3) is 5.91 Å². The lowest BCUT2D eigenvalue weighted by Crippen LogP contribution is -2.38. The third-order valence-electron chi connectivity index (χ3n) is 4.25. The van der Waals surface area contributed by atoms with Crippen LogP contribution in [0.3, 0.4) is 0 Å². The van der Waals surface area contributed by atoms with Crippen molar-refractivity contribution in [2.45, 2.75) is 44.2 Å². The maximum Gasteiger partial charge on any atom is 0.261 e. The molecule has 0 aliphatic carbocycles. The number of carbonyl (C=O) groups is 1. The third kappa shape index (κ3) is 5.71. The molecule has 2 aromatic carbocycles. The Morgan fingerprint density at radius 2 is 1.81 bits per heavy atom. The first-order valence-corrected chi connectivity index (χ1v) is 10.9. The van der Waals surface area contributed by atoms with E-state index >= 15 is 0 Å². The minimum Gasteiger partial charge on any atom is -0.481 e. The minimum absolute atomic E-state index is 0.232. The Morgan fingerprint density at radius 3 is 2.33 bits per heavy atom. The van der Waals surface area contributed by atoms with Gasteiger partial charge in [-0.3, -0.25) is 4.79 Å². The zero-order valence-corrected chi connectivity index (χ0v) is 17.4. The third-order valence-corrected chi connectivity index (χ3v) is 5.80. The van der Waals surface area contributed by atoms with Crippen LogP contribution in [0.4, 0.5) is 0 Å². The number of carbonyl (C=O) groups excluding carboxylic acids is 1. The Hall–Kier alpha value is -2.05. The minimum atomic E-state index is -3.25. The highest BCUT2D eigenvalue weighted by Gasteiger charge is 2.20. The Kier molecular flexibility index (Phi) is 6.89. The first-order chi connectivity index (χ1) is 12.6. The first kappa shape index (κ1) is 21.3. The van der Waals surface area contributed by atoms with Crippen molar-refractivity contribution in [2.75, 3.05) is 6.26 Å². The summed E-state index contributed by atoms with van der Waals surface area (Å²) in [7, 11) is -3.25. The second-order valence-corrected chi connectivity index (χ2v) is 8.90. The fourth-order valence-electron chi connectivity index (χ4n) is 2.61. The van der Waals surface area contributed by atoms with Crippen molar-refractivity contribution in [2.24, 2.45) is 0 Å². The van der Waals surface area contributed by atoms with Gasteiger partial charge in [-0.15, -0.1) is 0 Å².